The van der Waals surface area contributed by atoms with Crippen LogP contribution in [-0.2, 0) is 43.4 Å². The second kappa shape index (κ2) is 16.0. The van der Waals surface area contributed by atoms with Gasteiger partial charge in [0.2, 0.25) is 0 Å². The smallest absolute Gasteiger partial charge is 1.00 e. The Labute approximate surface area is 329 Å². The summed E-state index contributed by atoms with van der Waals surface area (Å²) in [6.45, 7) is 37.9. The van der Waals surface area contributed by atoms with Crippen LogP contribution < -0.4 is 58.0 Å². The van der Waals surface area contributed by atoms with Gasteiger partial charge >= 0.3 is 21.7 Å². The van der Waals surface area contributed by atoms with Crippen molar-refractivity contribution in [2.24, 2.45) is 0 Å². The van der Waals surface area contributed by atoms with E-state index in [0.29, 0.717) is 0 Å². The van der Waals surface area contributed by atoms with E-state index in [4.69, 9.17) is 0 Å². The number of benzene rings is 3. The number of hydrogen-bond donors (Lipinski definition) is 0. The summed E-state index contributed by atoms with van der Waals surface area (Å²) in [6, 6.07) is 27.0. The Hall–Kier alpha value is -1.19. The summed E-state index contributed by atoms with van der Waals surface area (Å²) in [4.78, 5) is 0. The molecule has 0 unspecified atom stereocenters. The molecule has 0 nitrogen and oxygen atoms in total. The largest absolute Gasteiger partial charge is 4.00 e. The maximum Gasteiger partial charge on any atom is 4.00 e. The van der Waals surface area contributed by atoms with Crippen LogP contribution in [0.4, 0.5) is 0 Å². The third-order valence-electron chi connectivity index (χ3n) is 10.2. The van der Waals surface area contributed by atoms with Gasteiger partial charge in [-0.25, -0.2) is 0 Å². The summed E-state index contributed by atoms with van der Waals surface area (Å²) in [7, 11) is -2.84. The van der Waals surface area contributed by atoms with Crippen LogP contribution in [-0.4, -0.2) is 8.07 Å². The Bertz CT molecular complexity index is 1510. The molecular weight excluding hydrogens is 699 g/mol. The molecule has 0 bridgehead atoms. The summed E-state index contributed by atoms with van der Waals surface area (Å²) in [6.07, 6.45) is 0. The fraction of sp³-hybridized carbons (Fsp3) is 0.465. The van der Waals surface area contributed by atoms with Crippen LogP contribution in [0.25, 0.3) is 0 Å². The van der Waals surface area contributed by atoms with Gasteiger partial charge < -0.3 is 37.2 Å². The van der Waals surface area contributed by atoms with Gasteiger partial charge in [-0.15, -0.1) is 5.19 Å². The van der Waals surface area contributed by atoms with E-state index in [1.54, 1.807) is 5.19 Å². The van der Waals surface area contributed by atoms with Gasteiger partial charge in [-0.2, -0.15) is 22.3 Å². The molecule has 0 radical (unpaired) electrons. The second-order valence-electron chi connectivity index (χ2n) is 17.6. The van der Waals surface area contributed by atoms with Gasteiger partial charge in [0.1, 0.15) is 8.07 Å². The van der Waals surface area contributed by atoms with Crippen LogP contribution in [0, 0.1) is 27.7 Å². The van der Waals surface area contributed by atoms with Gasteiger partial charge in [-0.05, 0) is 43.9 Å². The zero-order valence-corrected chi connectivity index (χ0v) is 37.3. The van der Waals surface area contributed by atoms with Crippen LogP contribution in [0.15, 0.2) is 66.7 Å². The fourth-order valence-corrected chi connectivity index (χ4v) is 12.4. The maximum atomic E-state index is 2.60. The molecule has 0 fully saturated rings. The topological polar surface area (TPSA) is 0 Å². The molecule has 0 saturated carbocycles. The quantitative estimate of drug-likeness (QED) is 0.159. The van der Waals surface area contributed by atoms with Crippen LogP contribution in [0.2, 0.25) is 0 Å². The van der Waals surface area contributed by atoms with Crippen molar-refractivity contribution in [1.29, 1.82) is 0 Å². The number of hydrogen-bond acceptors (Lipinski definition) is 0. The average molecular weight is 758 g/mol. The first kappa shape index (κ1) is 46.8. The van der Waals surface area contributed by atoms with Gasteiger partial charge in [0.15, 0.2) is 0 Å². The van der Waals surface area contributed by atoms with Crippen LogP contribution in [0.1, 0.15) is 128 Å². The Balaban J connectivity index is 0.00000552. The summed E-state index contributed by atoms with van der Waals surface area (Å²) in [5, 5.41) is 6.05. The molecular formula is C43H59Cl3SiTi. The summed E-state index contributed by atoms with van der Waals surface area (Å²) in [5.74, 6) is 0. The molecule has 0 atom stereocenters. The summed E-state index contributed by atoms with van der Waals surface area (Å²) < 4.78 is 0. The predicted octanol–water partition coefficient (Wildman–Crippen LogP) is 0.216. The van der Waals surface area contributed by atoms with Gasteiger partial charge in [-0.3, -0.25) is 0 Å². The zero-order valence-electron chi connectivity index (χ0n) is 32.5. The van der Waals surface area contributed by atoms with E-state index < -0.39 is 8.07 Å². The Morgan fingerprint density at radius 3 is 0.938 bits per heavy atom. The van der Waals surface area contributed by atoms with Crippen molar-refractivity contribution in [3.05, 3.63) is 111 Å². The summed E-state index contributed by atoms with van der Waals surface area (Å²) in [5.41, 5.74) is 11.6. The van der Waals surface area contributed by atoms with E-state index in [1.165, 1.54) is 60.1 Å². The SMILES string of the molecule is Cc1c(C)c(C)[c-]([Si](c2ccccc2)(c2cc(C(C)(C)C)cc(C(C)(C)C)c2)c2cc(C(C)(C)C)cc(C(C)(C)C)c2)c1C.[Cl-].[Cl-].[Cl-].[Ti+4]. The van der Waals surface area contributed by atoms with Crippen LogP contribution >= 0.6 is 0 Å². The third kappa shape index (κ3) is 8.81. The van der Waals surface area contributed by atoms with Crippen molar-refractivity contribution in [2.45, 2.75) is 132 Å². The van der Waals surface area contributed by atoms with Gasteiger partial charge in [0.05, 0.1) is 0 Å². The molecule has 0 aromatic heterocycles. The fourth-order valence-electron chi connectivity index (χ4n) is 6.82. The van der Waals surface area contributed by atoms with E-state index in [2.05, 4.69) is 178 Å². The monoisotopic (exact) mass is 756 g/mol. The van der Waals surface area contributed by atoms with Crippen molar-refractivity contribution in [3.63, 3.8) is 0 Å². The van der Waals surface area contributed by atoms with E-state index in [0.717, 1.165) is 0 Å². The molecule has 0 spiro atoms. The number of rotatable bonds is 4. The minimum Gasteiger partial charge on any atom is -1.00 e. The van der Waals surface area contributed by atoms with Gasteiger partial charge in [0, 0.05) is 0 Å². The molecule has 4 aromatic carbocycles. The van der Waals surface area contributed by atoms with E-state index >= 15 is 0 Å². The predicted molar refractivity (Wildman–Crippen MR) is 199 cm³/mol. The zero-order chi connectivity index (χ0) is 33.2. The first-order valence-corrected chi connectivity index (χ1v) is 18.6. The van der Waals surface area contributed by atoms with Crippen LogP contribution in [0.5, 0.6) is 0 Å². The average Bonchev–Trinajstić information content (AvgIpc) is 3.10. The molecule has 0 amide bonds. The molecule has 48 heavy (non-hydrogen) atoms. The molecule has 0 heterocycles. The van der Waals surface area contributed by atoms with Crippen LogP contribution in [0.3, 0.4) is 0 Å². The molecule has 0 saturated heterocycles. The minimum atomic E-state index is -2.84. The molecule has 0 aliphatic carbocycles. The molecule has 0 N–H and O–H groups in total. The van der Waals surface area contributed by atoms with Gasteiger partial charge in [0.25, 0.3) is 0 Å². The molecule has 0 aliphatic rings. The van der Waals surface area contributed by atoms with Crippen molar-refractivity contribution in [3.8, 4) is 0 Å². The second-order valence-corrected chi connectivity index (χ2v) is 21.3. The minimum absolute atomic E-state index is 0. The first-order chi connectivity index (χ1) is 20.0. The van der Waals surface area contributed by atoms with Crippen molar-refractivity contribution in [2.75, 3.05) is 0 Å². The van der Waals surface area contributed by atoms with Crippen molar-refractivity contribution in [1.82, 2.24) is 0 Å². The van der Waals surface area contributed by atoms with E-state index in [-0.39, 0.29) is 80.6 Å². The van der Waals surface area contributed by atoms with Gasteiger partial charge in [-0.1, -0.05) is 193 Å². The van der Waals surface area contributed by atoms with E-state index in [9.17, 15) is 0 Å². The normalized spacial score (nSPS) is 12.3. The van der Waals surface area contributed by atoms with E-state index in [1.807, 2.05) is 0 Å². The van der Waals surface area contributed by atoms with Crippen molar-refractivity contribution >= 4 is 28.8 Å². The first-order valence-electron chi connectivity index (χ1n) is 16.6. The Morgan fingerprint density at radius 1 is 0.417 bits per heavy atom. The maximum absolute atomic E-state index is 2.84. The van der Waals surface area contributed by atoms with Crippen molar-refractivity contribution < 1.29 is 58.9 Å². The Kier molecular flexibility index (Phi) is 15.6. The Morgan fingerprint density at radius 2 is 0.688 bits per heavy atom. The molecule has 4 aromatic rings. The third-order valence-corrected chi connectivity index (χ3v) is 15.2. The molecule has 0 aliphatic heterocycles. The molecule has 5 heteroatoms. The number of halogens is 3. The molecule has 260 valence electrons. The standard InChI is InChI=1S/C43H59Si.3ClH.Ti/c1-28-29(2)31(4)39(30(28)3)44(36-20-18-17-19-21-36,37-24-32(40(5,6)7)22-33(25-37)41(8,9)10)38-26-34(42(11,12)13)23-35(27-38)43(14,15)16;;;;/h17-27H,1-16H3;3*1H;/q-1;;;;+4/p-3. The molecule has 4 rings (SSSR count). The summed E-state index contributed by atoms with van der Waals surface area (Å²) >= 11 is 0.